The Bertz CT molecular complexity index is 925. The summed E-state index contributed by atoms with van der Waals surface area (Å²) >= 11 is 0. The Morgan fingerprint density at radius 2 is 2.10 bits per heavy atom. The first-order chi connectivity index (χ1) is 14.0. The van der Waals surface area contributed by atoms with Gasteiger partial charge >= 0.3 is 12.0 Å². The van der Waals surface area contributed by atoms with E-state index in [1.807, 2.05) is 32.0 Å². The lowest BCUT2D eigenvalue weighted by Gasteiger charge is -2.36. The zero-order valence-electron chi connectivity index (χ0n) is 16.6. The van der Waals surface area contributed by atoms with Crippen LogP contribution in [0.1, 0.15) is 36.8 Å². The number of H-pyrrole nitrogens is 1. The van der Waals surface area contributed by atoms with Crippen LogP contribution in [-0.4, -0.2) is 53.4 Å². The number of esters is 1. The van der Waals surface area contributed by atoms with Gasteiger partial charge in [-0.15, -0.1) is 0 Å². The molecule has 9 heteroatoms. The van der Waals surface area contributed by atoms with Crippen molar-refractivity contribution < 1.29 is 23.8 Å². The van der Waals surface area contributed by atoms with Gasteiger partial charge in [0.2, 0.25) is 6.79 Å². The number of hydrogen-bond acceptors (Lipinski definition) is 6. The van der Waals surface area contributed by atoms with Gasteiger partial charge in [-0.3, -0.25) is 0 Å². The van der Waals surface area contributed by atoms with Gasteiger partial charge in [0.05, 0.1) is 19.1 Å². The summed E-state index contributed by atoms with van der Waals surface area (Å²) in [6.07, 6.45) is 2.28. The number of aromatic nitrogens is 2. The predicted octanol–water partition coefficient (Wildman–Crippen LogP) is 1.99. The van der Waals surface area contributed by atoms with Crippen molar-refractivity contribution in [3.8, 4) is 11.5 Å². The van der Waals surface area contributed by atoms with Crippen LogP contribution in [0.5, 0.6) is 11.5 Å². The van der Waals surface area contributed by atoms with E-state index < -0.39 is 18.1 Å². The van der Waals surface area contributed by atoms with E-state index in [1.165, 1.54) is 7.11 Å². The number of fused-ring (bicyclic) bond motifs is 2. The molecule has 2 atom stereocenters. The standard InChI is InChI=1S/C20H24N4O5/c1-11(2)16(19(25)27-3)23-20(26)24-7-6-13-17(22-9-21-13)18(24)12-4-5-14-15(8-12)29-10-28-14/h4-5,8-9,11,16,18H,6-7,10H2,1-3H3,(H,21,22)(H,23,26)/t16-,18-/m1/s1. The van der Waals surface area contributed by atoms with E-state index in [2.05, 4.69) is 15.3 Å². The molecule has 0 saturated carbocycles. The number of urea groups is 1. The van der Waals surface area contributed by atoms with Crippen molar-refractivity contribution in [2.24, 2.45) is 5.92 Å². The molecule has 3 heterocycles. The highest BCUT2D eigenvalue weighted by Gasteiger charge is 2.37. The zero-order chi connectivity index (χ0) is 20.5. The van der Waals surface area contributed by atoms with Crippen LogP contribution in [0.25, 0.3) is 0 Å². The Morgan fingerprint density at radius 1 is 1.31 bits per heavy atom. The number of nitrogens with zero attached hydrogens (tertiary/aromatic N) is 2. The fourth-order valence-electron chi connectivity index (χ4n) is 3.76. The van der Waals surface area contributed by atoms with Gasteiger partial charge in [-0.25, -0.2) is 14.6 Å². The van der Waals surface area contributed by atoms with Crippen molar-refractivity contribution in [1.82, 2.24) is 20.2 Å². The molecule has 0 unspecified atom stereocenters. The Balaban J connectivity index is 1.66. The Morgan fingerprint density at radius 3 is 2.86 bits per heavy atom. The lowest BCUT2D eigenvalue weighted by Crippen LogP contribution is -2.53. The summed E-state index contributed by atoms with van der Waals surface area (Å²) in [4.78, 5) is 34.6. The molecule has 2 aliphatic heterocycles. The van der Waals surface area contributed by atoms with Crippen molar-refractivity contribution in [1.29, 1.82) is 0 Å². The van der Waals surface area contributed by atoms with Crippen LogP contribution in [0.15, 0.2) is 24.5 Å². The number of carbonyl (C=O) groups excluding carboxylic acids is 2. The molecule has 29 heavy (non-hydrogen) atoms. The topological polar surface area (TPSA) is 106 Å². The zero-order valence-corrected chi connectivity index (χ0v) is 16.6. The summed E-state index contributed by atoms with van der Waals surface area (Å²) in [6, 6.07) is 4.13. The number of hydrogen-bond donors (Lipinski definition) is 2. The number of methoxy groups -OCH3 is 1. The number of nitrogens with one attached hydrogen (secondary N) is 2. The number of aromatic amines is 1. The fourth-order valence-corrected chi connectivity index (χ4v) is 3.76. The van der Waals surface area contributed by atoms with E-state index in [4.69, 9.17) is 14.2 Å². The van der Waals surface area contributed by atoms with Gasteiger partial charge in [-0.1, -0.05) is 19.9 Å². The first-order valence-electron chi connectivity index (χ1n) is 9.56. The molecule has 0 bridgehead atoms. The summed E-state index contributed by atoms with van der Waals surface area (Å²) < 4.78 is 15.8. The predicted molar refractivity (Wildman–Crippen MR) is 103 cm³/mol. The molecule has 0 radical (unpaired) electrons. The third-order valence-corrected chi connectivity index (χ3v) is 5.30. The molecule has 4 rings (SSSR count). The average molecular weight is 400 g/mol. The maximum atomic E-state index is 13.2. The lowest BCUT2D eigenvalue weighted by atomic mass is 9.95. The third-order valence-electron chi connectivity index (χ3n) is 5.30. The van der Waals surface area contributed by atoms with Crippen LogP contribution in [0.2, 0.25) is 0 Å². The number of carbonyl (C=O) groups is 2. The van der Waals surface area contributed by atoms with Crippen molar-refractivity contribution >= 4 is 12.0 Å². The molecular formula is C20H24N4O5. The highest BCUT2D eigenvalue weighted by atomic mass is 16.7. The second-order valence-corrected chi connectivity index (χ2v) is 7.42. The molecule has 0 aliphatic carbocycles. The molecule has 2 N–H and O–H groups in total. The Hall–Kier alpha value is -3.23. The van der Waals surface area contributed by atoms with E-state index in [9.17, 15) is 9.59 Å². The van der Waals surface area contributed by atoms with E-state index in [1.54, 1.807) is 11.2 Å². The normalized spacial score (nSPS) is 18.3. The second-order valence-electron chi connectivity index (χ2n) is 7.42. The first kappa shape index (κ1) is 19.1. The molecule has 1 aromatic carbocycles. The minimum absolute atomic E-state index is 0.110. The molecule has 2 amide bonds. The van der Waals surface area contributed by atoms with Gasteiger partial charge in [0.25, 0.3) is 0 Å². The summed E-state index contributed by atoms with van der Waals surface area (Å²) in [7, 11) is 1.32. The number of benzene rings is 1. The Labute approximate surface area is 168 Å². The van der Waals surface area contributed by atoms with E-state index >= 15 is 0 Å². The van der Waals surface area contributed by atoms with Crippen molar-refractivity contribution in [2.75, 3.05) is 20.4 Å². The molecule has 2 aromatic rings. The van der Waals surface area contributed by atoms with Gasteiger partial charge in [-0.05, 0) is 23.6 Å². The molecule has 1 aromatic heterocycles. The van der Waals surface area contributed by atoms with Crippen LogP contribution in [-0.2, 0) is 16.0 Å². The molecule has 154 valence electrons. The summed E-state index contributed by atoms with van der Waals surface area (Å²) in [5, 5.41) is 2.83. The maximum absolute atomic E-state index is 13.2. The lowest BCUT2D eigenvalue weighted by molar-refractivity contribution is -0.144. The summed E-state index contributed by atoms with van der Waals surface area (Å²) in [5.41, 5.74) is 2.63. The molecule has 2 aliphatic rings. The van der Waals surface area contributed by atoms with Crippen molar-refractivity contribution in [3.05, 3.63) is 41.5 Å². The maximum Gasteiger partial charge on any atom is 0.328 e. The molecule has 9 nitrogen and oxygen atoms in total. The number of amides is 2. The van der Waals surface area contributed by atoms with Crippen LogP contribution in [0.4, 0.5) is 4.79 Å². The van der Waals surface area contributed by atoms with E-state index in [0.717, 1.165) is 17.0 Å². The number of imidazole rings is 1. The minimum atomic E-state index is -0.731. The minimum Gasteiger partial charge on any atom is -0.467 e. The van der Waals surface area contributed by atoms with Gasteiger partial charge in [-0.2, -0.15) is 0 Å². The Kier molecular flexibility index (Phi) is 5.04. The largest absolute Gasteiger partial charge is 0.467 e. The molecular weight excluding hydrogens is 376 g/mol. The molecule has 0 spiro atoms. The van der Waals surface area contributed by atoms with Crippen molar-refractivity contribution in [2.45, 2.75) is 32.4 Å². The summed E-state index contributed by atoms with van der Waals surface area (Å²) in [6.45, 7) is 4.38. The van der Waals surface area contributed by atoms with Crippen LogP contribution in [0, 0.1) is 5.92 Å². The van der Waals surface area contributed by atoms with Gasteiger partial charge in [0, 0.05) is 18.7 Å². The number of ether oxygens (including phenoxy) is 3. The second kappa shape index (κ2) is 7.65. The quantitative estimate of drug-likeness (QED) is 0.761. The smallest absolute Gasteiger partial charge is 0.328 e. The molecule has 0 saturated heterocycles. The van der Waals surface area contributed by atoms with E-state index in [-0.39, 0.29) is 18.7 Å². The molecule has 0 fully saturated rings. The third kappa shape index (κ3) is 3.48. The van der Waals surface area contributed by atoms with E-state index in [0.29, 0.717) is 24.5 Å². The summed E-state index contributed by atoms with van der Waals surface area (Å²) in [5.74, 6) is 0.736. The monoisotopic (exact) mass is 400 g/mol. The highest BCUT2D eigenvalue weighted by molar-refractivity contribution is 5.84. The SMILES string of the molecule is COC(=O)[C@H](NC(=O)N1CCc2[nH]cnc2[C@H]1c1ccc2c(c1)OCO2)C(C)C. The van der Waals surface area contributed by atoms with Crippen LogP contribution in [0.3, 0.4) is 0 Å². The van der Waals surface area contributed by atoms with Gasteiger partial charge in [0.1, 0.15) is 12.1 Å². The highest BCUT2D eigenvalue weighted by Crippen LogP contribution is 2.39. The van der Waals surface area contributed by atoms with Crippen molar-refractivity contribution in [3.63, 3.8) is 0 Å². The van der Waals surface area contributed by atoms with Gasteiger partial charge in [0.15, 0.2) is 11.5 Å². The average Bonchev–Trinajstić information content (AvgIpc) is 3.38. The number of rotatable bonds is 4. The van der Waals surface area contributed by atoms with Gasteiger partial charge < -0.3 is 29.4 Å². The fraction of sp³-hybridized carbons (Fsp3) is 0.450. The van der Waals surface area contributed by atoms with Crippen LogP contribution >= 0.6 is 0 Å². The first-order valence-corrected chi connectivity index (χ1v) is 9.56. The van der Waals surface area contributed by atoms with Crippen LogP contribution < -0.4 is 14.8 Å².